The van der Waals surface area contributed by atoms with Gasteiger partial charge in [-0.1, -0.05) is 17.7 Å². The third-order valence-corrected chi connectivity index (χ3v) is 4.93. The minimum absolute atomic E-state index is 0.224. The molecule has 0 saturated carbocycles. The normalized spacial score (nSPS) is 29.2. The van der Waals surface area contributed by atoms with Crippen LogP contribution in [0.4, 0.5) is 4.39 Å². The number of nitrogens with one attached hydrogen (secondary N) is 1. The fourth-order valence-electron chi connectivity index (χ4n) is 3.55. The van der Waals surface area contributed by atoms with Crippen molar-refractivity contribution < 1.29 is 4.39 Å². The highest BCUT2D eigenvalue weighted by Crippen LogP contribution is 2.34. The minimum atomic E-state index is -0.336. The number of hydrogen-bond acceptors (Lipinski definition) is 2. The fraction of sp³-hybridized carbons (Fsp3) is 0.600. The van der Waals surface area contributed by atoms with Crippen molar-refractivity contribution in [2.75, 3.05) is 19.6 Å². The molecule has 1 aromatic carbocycles. The largest absolute Gasteiger partial charge is 0.315 e. The Labute approximate surface area is 118 Å². The number of fused-ring (bicyclic) bond motifs is 1. The van der Waals surface area contributed by atoms with Crippen LogP contribution in [-0.2, 0) is 0 Å². The van der Waals surface area contributed by atoms with Crippen LogP contribution in [-0.4, -0.2) is 30.6 Å². The van der Waals surface area contributed by atoms with Gasteiger partial charge in [0.25, 0.3) is 0 Å². The molecular weight excluding hydrogens is 263 g/mol. The molecule has 2 heterocycles. The molecule has 3 unspecified atom stereocenters. The van der Waals surface area contributed by atoms with Gasteiger partial charge in [-0.05, 0) is 56.5 Å². The second kappa shape index (κ2) is 5.39. The average Bonchev–Trinajstić information content (AvgIpc) is 2.89. The summed E-state index contributed by atoms with van der Waals surface area (Å²) in [4.78, 5) is 2.55. The molecule has 0 aromatic heterocycles. The molecule has 0 bridgehead atoms. The minimum Gasteiger partial charge on any atom is -0.315 e. The van der Waals surface area contributed by atoms with E-state index in [-0.39, 0.29) is 10.8 Å². The molecule has 1 aromatic rings. The molecule has 19 heavy (non-hydrogen) atoms. The van der Waals surface area contributed by atoms with Crippen molar-refractivity contribution in [3.8, 4) is 0 Å². The van der Waals surface area contributed by atoms with Crippen LogP contribution >= 0.6 is 11.6 Å². The maximum Gasteiger partial charge on any atom is 0.141 e. The zero-order valence-corrected chi connectivity index (χ0v) is 12.0. The molecule has 2 aliphatic rings. The van der Waals surface area contributed by atoms with Crippen molar-refractivity contribution in [3.05, 3.63) is 34.6 Å². The van der Waals surface area contributed by atoms with Gasteiger partial charge < -0.3 is 5.32 Å². The quantitative estimate of drug-likeness (QED) is 0.896. The summed E-state index contributed by atoms with van der Waals surface area (Å²) in [5.74, 6) is 0.434. The third-order valence-electron chi connectivity index (χ3n) is 4.64. The molecule has 0 spiro atoms. The van der Waals surface area contributed by atoms with Gasteiger partial charge in [0.05, 0.1) is 5.02 Å². The monoisotopic (exact) mass is 282 g/mol. The van der Waals surface area contributed by atoms with Crippen LogP contribution in [0, 0.1) is 11.7 Å². The van der Waals surface area contributed by atoms with E-state index in [0.29, 0.717) is 12.1 Å². The Bertz CT molecular complexity index is 465. The van der Waals surface area contributed by atoms with Gasteiger partial charge >= 0.3 is 0 Å². The van der Waals surface area contributed by atoms with Gasteiger partial charge in [0.1, 0.15) is 5.82 Å². The molecule has 0 aliphatic carbocycles. The molecule has 3 atom stereocenters. The molecule has 0 amide bonds. The molecule has 1 N–H and O–H groups in total. The van der Waals surface area contributed by atoms with E-state index < -0.39 is 0 Å². The lowest BCUT2D eigenvalue weighted by Gasteiger charge is -2.41. The van der Waals surface area contributed by atoms with Crippen molar-refractivity contribution in [2.45, 2.75) is 31.8 Å². The molecule has 0 radical (unpaired) electrons. The zero-order chi connectivity index (χ0) is 13.4. The van der Waals surface area contributed by atoms with E-state index in [4.69, 9.17) is 11.6 Å². The highest BCUT2D eigenvalue weighted by molar-refractivity contribution is 6.30. The SMILES string of the molecule is CC(c1ccc(F)c(Cl)c1)N1CCCC2CNCC21. The lowest BCUT2D eigenvalue weighted by Crippen LogP contribution is -2.46. The van der Waals surface area contributed by atoms with Crippen LogP contribution < -0.4 is 5.32 Å². The summed E-state index contributed by atoms with van der Waals surface area (Å²) in [7, 11) is 0. The van der Waals surface area contributed by atoms with Gasteiger partial charge in [-0.15, -0.1) is 0 Å². The Morgan fingerprint density at radius 2 is 2.26 bits per heavy atom. The van der Waals surface area contributed by atoms with Crippen LogP contribution in [0.5, 0.6) is 0 Å². The standard InChI is InChI=1S/C15H20ClFN2/c1-10(11-4-5-14(17)13(16)7-11)19-6-2-3-12-8-18-9-15(12)19/h4-5,7,10,12,15,18H,2-3,6,8-9H2,1H3. The van der Waals surface area contributed by atoms with Crippen LogP contribution in [0.25, 0.3) is 0 Å². The van der Waals surface area contributed by atoms with E-state index in [9.17, 15) is 4.39 Å². The van der Waals surface area contributed by atoms with Crippen molar-refractivity contribution >= 4 is 11.6 Å². The van der Waals surface area contributed by atoms with Gasteiger partial charge in [0.15, 0.2) is 0 Å². The van der Waals surface area contributed by atoms with E-state index in [0.717, 1.165) is 31.1 Å². The number of hydrogen-bond donors (Lipinski definition) is 1. The van der Waals surface area contributed by atoms with Crippen molar-refractivity contribution in [1.82, 2.24) is 10.2 Å². The van der Waals surface area contributed by atoms with E-state index in [1.165, 1.54) is 18.9 Å². The fourth-order valence-corrected chi connectivity index (χ4v) is 3.74. The Morgan fingerprint density at radius 3 is 3.05 bits per heavy atom. The first kappa shape index (κ1) is 13.3. The lowest BCUT2D eigenvalue weighted by molar-refractivity contribution is 0.0847. The predicted molar refractivity (Wildman–Crippen MR) is 75.9 cm³/mol. The molecule has 2 nitrogen and oxygen atoms in total. The second-order valence-electron chi connectivity index (χ2n) is 5.72. The van der Waals surface area contributed by atoms with Gasteiger partial charge in [0, 0.05) is 18.6 Å². The van der Waals surface area contributed by atoms with E-state index in [1.807, 2.05) is 6.07 Å². The van der Waals surface area contributed by atoms with Crippen molar-refractivity contribution in [2.24, 2.45) is 5.92 Å². The zero-order valence-electron chi connectivity index (χ0n) is 11.2. The van der Waals surface area contributed by atoms with Gasteiger partial charge in [0.2, 0.25) is 0 Å². The third kappa shape index (κ3) is 2.51. The summed E-state index contributed by atoms with van der Waals surface area (Å²) >= 11 is 5.90. The molecule has 2 saturated heterocycles. The number of halogens is 2. The molecule has 104 valence electrons. The summed E-state index contributed by atoms with van der Waals surface area (Å²) in [5.41, 5.74) is 1.11. The molecule has 2 aliphatic heterocycles. The molecule has 4 heteroatoms. The van der Waals surface area contributed by atoms with Gasteiger partial charge in [-0.25, -0.2) is 4.39 Å². The molecule has 3 rings (SSSR count). The predicted octanol–water partition coefficient (Wildman–Crippen LogP) is 3.22. The molecule has 2 fully saturated rings. The van der Waals surface area contributed by atoms with E-state index in [1.54, 1.807) is 6.07 Å². The summed E-state index contributed by atoms with van der Waals surface area (Å²) in [5, 5.41) is 3.72. The van der Waals surface area contributed by atoms with Crippen LogP contribution in [0.3, 0.4) is 0 Å². The first-order chi connectivity index (χ1) is 9.16. The molecular formula is C15H20ClFN2. The average molecular weight is 283 g/mol. The van der Waals surface area contributed by atoms with Gasteiger partial charge in [-0.3, -0.25) is 4.90 Å². The van der Waals surface area contributed by atoms with Crippen LogP contribution in [0.15, 0.2) is 18.2 Å². The number of nitrogens with zero attached hydrogens (tertiary/aromatic N) is 1. The van der Waals surface area contributed by atoms with Gasteiger partial charge in [-0.2, -0.15) is 0 Å². The summed E-state index contributed by atoms with van der Waals surface area (Å²) in [6.07, 6.45) is 2.58. The highest BCUT2D eigenvalue weighted by Gasteiger charge is 2.37. The second-order valence-corrected chi connectivity index (χ2v) is 6.12. The summed E-state index contributed by atoms with van der Waals surface area (Å²) < 4.78 is 13.3. The Hall–Kier alpha value is -0.640. The van der Waals surface area contributed by atoms with Crippen molar-refractivity contribution in [3.63, 3.8) is 0 Å². The first-order valence-corrected chi connectivity index (χ1v) is 7.46. The smallest absolute Gasteiger partial charge is 0.141 e. The number of benzene rings is 1. The van der Waals surface area contributed by atoms with Crippen molar-refractivity contribution in [1.29, 1.82) is 0 Å². The Morgan fingerprint density at radius 1 is 1.42 bits per heavy atom. The maximum absolute atomic E-state index is 13.3. The number of likely N-dealkylation sites (tertiary alicyclic amines) is 1. The maximum atomic E-state index is 13.3. The Balaban J connectivity index is 1.82. The summed E-state index contributed by atoms with van der Waals surface area (Å²) in [6, 6.07) is 6.02. The summed E-state index contributed by atoms with van der Waals surface area (Å²) in [6.45, 7) is 5.53. The number of rotatable bonds is 2. The van der Waals surface area contributed by atoms with Crippen LogP contribution in [0.2, 0.25) is 5.02 Å². The van der Waals surface area contributed by atoms with E-state index in [2.05, 4.69) is 17.1 Å². The topological polar surface area (TPSA) is 15.3 Å². The number of piperidine rings is 1. The van der Waals surface area contributed by atoms with Crippen LogP contribution in [0.1, 0.15) is 31.4 Å². The first-order valence-electron chi connectivity index (χ1n) is 7.08. The van der Waals surface area contributed by atoms with E-state index >= 15 is 0 Å². The highest BCUT2D eigenvalue weighted by atomic mass is 35.5. The Kier molecular flexibility index (Phi) is 3.79. The lowest BCUT2D eigenvalue weighted by atomic mass is 9.90.